The van der Waals surface area contributed by atoms with Crippen molar-refractivity contribution in [3.8, 4) is 6.01 Å². The van der Waals surface area contributed by atoms with Gasteiger partial charge in [-0.3, -0.25) is 9.69 Å². The molecule has 1 aromatic carbocycles. The lowest BCUT2D eigenvalue weighted by atomic mass is 9.90. The number of rotatable bonds is 7. The summed E-state index contributed by atoms with van der Waals surface area (Å²) in [6.07, 6.45) is 8.78. The molecule has 1 amide bonds. The third kappa shape index (κ3) is 5.38. The minimum Gasteiger partial charge on any atom is -0.463 e. The molecule has 2 aliphatic heterocycles. The molecule has 3 aliphatic rings. The van der Waals surface area contributed by atoms with Gasteiger partial charge in [-0.15, -0.1) is 0 Å². The van der Waals surface area contributed by atoms with E-state index in [1.54, 1.807) is 0 Å². The molecule has 5 rings (SSSR count). The summed E-state index contributed by atoms with van der Waals surface area (Å²) in [7, 11) is 0. The van der Waals surface area contributed by atoms with Gasteiger partial charge >= 0.3 is 6.01 Å². The summed E-state index contributed by atoms with van der Waals surface area (Å²) in [5.74, 6) is 1.32. The second-order valence-electron chi connectivity index (χ2n) is 9.61. The van der Waals surface area contributed by atoms with E-state index in [1.807, 2.05) is 4.90 Å². The molecule has 0 atom stereocenters. The molecule has 0 unspecified atom stereocenters. The number of amides is 1. The third-order valence-corrected chi connectivity index (χ3v) is 6.94. The number of likely N-dealkylation sites (tertiary alicyclic amines) is 1. The zero-order valence-corrected chi connectivity index (χ0v) is 19.3. The Labute approximate surface area is 195 Å². The van der Waals surface area contributed by atoms with Crippen molar-refractivity contribution in [2.24, 2.45) is 5.92 Å². The van der Waals surface area contributed by atoms with Crippen LogP contribution in [0.2, 0.25) is 0 Å². The van der Waals surface area contributed by atoms with E-state index in [2.05, 4.69) is 44.5 Å². The standard InChI is InChI=1S/C25H34N6O2/c26-23-22-24(29-25(28-23)33-17-18-7-2-1-3-8-18)31(16-21(32)27-22)15-20-10-6-9-19(13-20)14-30-11-4-5-12-30/h6,9-10,13,18H,1-5,7-8,11-12,14-17H2,(H,27,32)(H2,26,28,29). The second-order valence-corrected chi connectivity index (χ2v) is 9.61. The maximum absolute atomic E-state index is 12.4. The Kier molecular flexibility index (Phi) is 6.62. The minimum atomic E-state index is -0.109. The van der Waals surface area contributed by atoms with Gasteiger partial charge in [-0.2, -0.15) is 9.97 Å². The molecule has 2 fully saturated rings. The van der Waals surface area contributed by atoms with Gasteiger partial charge in [-0.25, -0.2) is 0 Å². The highest BCUT2D eigenvalue weighted by Crippen LogP contribution is 2.34. The highest BCUT2D eigenvalue weighted by atomic mass is 16.5. The van der Waals surface area contributed by atoms with Crippen molar-refractivity contribution in [3.63, 3.8) is 0 Å². The summed E-state index contributed by atoms with van der Waals surface area (Å²) < 4.78 is 5.96. The maximum atomic E-state index is 12.4. The topological polar surface area (TPSA) is 96.6 Å². The number of hydrogen-bond acceptors (Lipinski definition) is 7. The van der Waals surface area contributed by atoms with Gasteiger partial charge in [0.2, 0.25) is 5.91 Å². The molecule has 1 saturated heterocycles. The number of hydrogen-bond donors (Lipinski definition) is 2. The Morgan fingerprint density at radius 1 is 1.03 bits per heavy atom. The molecule has 3 heterocycles. The van der Waals surface area contributed by atoms with Gasteiger partial charge in [0.05, 0.1) is 13.2 Å². The van der Waals surface area contributed by atoms with Gasteiger partial charge < -0.3 is 20.7 Å². The first-order chi connectivity index (χ1) is 16.1. The van der Waals surface area contributed by atoms with Crippen molar-refractivity contribution < 1.29 is 9.53 Å². The van der Waals surface area contributed by atoms with Gasteiger partial charge in [0.15, 0.2) is 11.6 Å². The first kappa shape index (κ1) is 21.9. The number of nitrogens with one attached hydrogen (secondary N) is 1. The molecule has 1 aliphatic carbocycles. The van der Waals surface area contributed by atoms with Crippen LogP contribution in [0, 0.1) is 5.92 Å². The highest BCUT2D eigenvalue weighted by Gasteiger charge is 2.28. The average molecular weight is 451 g/mol. The van der Waals surface area contributed by atoms with Crippen LogP contribution in [0.1, 0.15) is 56.1 Å². The summed E-state index contributed by atoms with van der Waals surface area (Å²) in [6, 6.07) is 8.90. The fraction of sp³-hybridized carbons (Fsp3) is 0.560. The van der Waals surface area contributed by atoms with Crippen molar-refractivity contribution in [3.05, 3.63) is 35.4 Å². The van der Waals surface area contributed by atoms with E-state index >= 15 is 0 Å². The van der Waals surface area contributed by atoms with Crippen molar-refractivity contribution in [2.45, 2.75) is 58.0 Å². The molecule has 1 aromatic heterocycles. The van der Waals surface area contributed by atoms with Crippen LogP contribution < -0.4 is 20.7 Å². The van der Waals surface area contributed by atoms with Gasteiger partial charge in [-0.1, -0.05) is 43.5 Å². The number of benzene rings is 1. The molecule has 8 nitrogen and oxygen atoms in total. The van der Waals surface area contributed by atoms with E-state index < -0.39 is 0 Å². The number of carbonyl (C=O) groups excluding carboxylic acids is 1. The monoisotopic (exact) mass is 450 g/mol. The lowest BCUT2D eigenvalue weighted by Crippen LogP contribution is -2.39. The zero-order chi connectivity index (χ0) is 22.6. The molecule has 1 saturated carbocycles. The van der Waals surface area contributed by atoms with Crippen LogP contribution in [0.4, 0.5) is 17.3 Å². The third-order valence-electron chi connectivity index (χ3n) is 6.94. The van der Waals surface area contributed by atoms with Gasteiger partial charge in [-0.05, 0) is 55.8 Å². The Balaban J connectivity index is 1.32. The SMILES string of the molecule is Nc1nc(OCC2CCCCC2)nc2c1NC(=O)CN2Cc1cccc(CN2CCCC2)c1. The van der Waals surface area contributed by atoms with Crippen LogP contribution in [0.5, 0.6) is 6.01 Å². The van der Waals surface area contributed by atoms with E-state index in [1.165, 1.54) is 63.6 Å². The molecule has 3 N–H and O–H groups in total. The second kappa shape index (κ2) is 9.95. The van der Waals surface area contributed by atoms with Crippen molar-refractivity contribution in [1.29, 1.82) is 0 Å². The number of nitrogen functional groups attached to an aromatic ring is 1. The Bertz CT molecular complexity index is 985. The Morgan fingerprint density at radius 3 is 2.58 bits per heavy atom. The molecular weight excluding hydrogens is 416 g/mol. The summed E-state index contributed by atoms with van der Waals surface area (Å²) in [6.45, 7) is 4.73. The van der Waals surface area contributed by atoms with Crippen LogP contribution in [0.25, 0.3) is 0 Å². The predicted molar refractivity (Wildman–Crippen MR) is 129 cm³/mol. The van der Waals surface area contributed by atoms with E-state index in [0.717, 1.165) is 12.1 Å². The fourth-order valence-electron chi connectivity index (χ4n) is 5.21. The summed E-state index contributed by atoms with van der Waals surface area (Å²) >= 11 is 0. The Hall–Kier alpha value is -2.87. The summed E-state index contributed by atoms with van der Waals surface area (Å²) in [5.41, 5.74) is 9.13. The van der Waals surface area contributed by atoms with Crippen molar-refractivity contribution in [1.82, 2.24) is 14.9 Å². The van der Waals surface area contributed by atoms with Gasteiger partial charge in [0, 0.05) is 13.1 Å². The van der Waals surface area contributed by atoms with Crippen LogP contribution in [-0.4, -0.2) is 47.0 Å². The quantitative estimate of drug-likeness (QED) is 0.666. The fourth-order valence-corrected chi connectivity index (χ4v) is 5.21. The number of anilines is 3. The number of nitrogens with zero attached hydrogens (tertiary/aromatic N) is 4. The van der Waals surface area contributed by atoms with E-state index in [-0.39, 0.29) is 18.3 Å². The average Bonchev–Trinajstić information content (AvgIpc) is 3.32. The molecule has 0 radical (unpaired) electrons. The molecule has 8 heteroatoms. The van der Waals surface area contributed by atoms with Crippen LogP contribution in [0.3, 0.4) is 0 Å². The van der Waals surface area contributed by atoms with Gasteiger partial charge in [0.1, 0.15) is 5.69 Å². The molecule has 33 heavy (non-hydrogen) atoms. The number of aromatic nitrogens is 2. The lowest BCUT2D eigenvalue weighted by Gasteiger charge is -2.30. The Morgan fingerprint density at radius 2 is 1.79 bits per heavy atom. The first-order valence-electron chi connectivity index (χ1n) is 12.3. The smallest absolute Gasteiger partial charge is 0.320 e. The molecule has 0 bridgehead atoms. The number of fused-ring (bicyclic) bond motifs is 1. The summed E-state index contributed by atoms with van der Waals surface area (Å²) in [5, 5.41) is 2.84. The van der Waals surface area contributed by atoms with Crippen molar-refractivity contribution >= 4 is 23.2 Å². The van der Waals surface area contributed by atoms with Gasteiger partial charge in [0.25, 0.3) is 0 Å². The van der Waals surface area contributed by atoms with E-state index in [4.69, 9.17) is 10.5 Å². The molecular formula is C25H34N6O2. The highest BCUT2D eigenvalue weighted by molar-refractivity contribution is 6.03. The zero-order valence-electron chi connectivity index (χ0n) is 19.3. The number of nitrogens with two attached hydrogens (primary N) is 1. The van der Waals surface area contributed by atoms with Crippen molar-refractivity contribution in [2.75, 3.05) is 42.2 Å². The van der Waals surface area contributed by atoms with Crippen LogP contribution >= 0.6 is 0 Å². The number of ether oxygens (including phenoxy) is 1. The largest absolute Gasteiger partial charge is 0.463 e. The normalized spacial score (nSPS) is 19.4. The molecule has 0 spiro atoms. The predicted octanol–water partition coefficient (Wildman–Crippen LogP) is 3.57. The maximum Gasteiger partial charge on any atom is 0.320 e. The van der Waals surface area contributed by atoms with E-state index in [0.29, 0.717) is 36.6 Å². The van der Waals surface area contributed by atoms with Crippen LogP contribution in [-0.2, 0) is 17.9 Å². The minimum absolute atomic E-state index is 0.109. The molecule has 2 aromatic rings. The van der Waals surface area contributed by atoms with E-state index in [9.17, 15) is 4.79 Å². The number of carbonyl (C=O) groups is 1. The lowest BCUT2D eigenvalue weighted by molar-refractivity contribution is -0.115. The molecule has 176 valence electrons. The van der Waals surface area contributed by atoms with Crippen LogP contribution in [0.15, 0.2) is 24.3 Å². The first-order valence-corrected chi connectivity index (χ1v) is 12.3. The summed E-state index contributed by atoms with van der Waals surface area (Å²) in [4.78, 5) is 25.8.